The Balaban J connectivity index is 2.76. The van der Waals surface area contributed by atoms with Gasteiger partial charge in [-0.25, -0.2) is 0 Å². The van der Waals surface area contributed by atoms with Crippen LogP contribution in [0.4, 0.5) is 0 Å². The molecule has 0 fully saturated rings. The standard InChI is InChI=1S/C11H11N/c1-9-6-7-12-11-5-3-2-4-10(11)8-9/h2-6,8H,7H2,1H3. The van der Waals surface area contributed by atoms with E-state index in [1.807, 2.05) is 12.1 Å². The van der Waals surface area contributed by atoms with Crippen LogP contribution >= 0.6 is 0 Å². The number of hydrogen-bond donors (Lipinski definition) is 0. The Morgan fingerprint density at radius 2 is 2.08 bits per heavy atom. The third kappa shape index (κ3) is 1.30. The van der Waals surface area contributed by atoms with Gasteiger partial charge in [0.05, 0.1) is 11.9 Å². The molecule has 1 heteroatoms. The maximum Gasteiger partial charge on any atom is 0.0650 e. The highest BCUT2D eigenvalue weighted by atomic mass is 14.7. The first-order valence-electron chi connectivity index (χ1n) is 4.14. The fourth-order valence-corrected chi connectivity index (χ4v) is 1.35. The van der Waals surface area contributed by atoms with Gasteiger partial charge in [0.15, 0.2) is 0 Å². The molecule has 2 rings (SSSR count). The molecule has 1 heterocycles. The quantitative estimate of drug-likeness (QED) is 0.533. The highest BCUT2D eigenvalue weighted by molar-refractivity contribution is 5.45. The van der Waals surface area contributed by atoms with Gasteiger partial charge in [-0.3, -0.25) is 4.99 Å². The number of rotatable bonds is 0. The molecular weight excluding hydrogens is 146 g/mol. The zero-order valence-electron chi connectivity index (χ0n) is 7.12. The summed E-state index contributed by atoms with van der Waals surface area (Å²) in [5.74, 6) is 0. The molecule has 1 aromatic rings. The van der Waals surface area contributed by atoms with Crippen LogP contribution in [0.25, 0.3) is 6.08 Å². The Morgan fingerprint density at radius 3 is 3.00 bits per heavy atom. The molecule has 1 nitrogen and oxygen atoms in total. The van der Waals surface area contributed by atoms with E-state index in [-0.39, 0.29) is 0 Å². The van der Waals surface area contributed by atoms with Gasteiger partial charge in [0, 0.05) is 0 Å². The lowest BCUT2D eigenvalue weighted by Crippen LogP contribution is -2.23. The van der Waals surface area contributed by atoms with Gasteiger partial charge in [-0.1, -0.05) is 35.9 Å². The second-order valence-electron chi connectivity index (χ2n) is 2.99. The first-order valence-corrected chi connectivity index (χ1v) is 4.14. The Kier molecular flexibility index (Phi) is 1.78. The Bertz CT molecular complexity index is 427. The van der Waals surface area contributed by atoms with E-state index in [0.29, 0.717) is 0 Å². The molecule has 0 bridgehead atoms. The third-order valence-corrected chi connectivity index (χ3v) is 1.99. The minimum atomic E-state index is 0.805. The summed E-state index contributed by atoms with van der Waals surface area (Å²) in [7, 11) is 0. The molecule has 0 amide bonds. The van der Waals surface area contributed by atoms with E-state index in [9.17, 15) is 0 Å². The summed E-state index contributed by atoms with van der Waals surface area (Å²) in [4.78, 5) is 4.43. The molecular formula is C11H11N. The molecule has 0 spiro atoms. The number of nitrogens with zero attached hydrogens (tertiary/aromatic N) is 1. The van der Waals surface area contributed by atoms with Crippen LogP contribution in [0.1, 0.15) is 6.92 Å². The van der Waals surface area contributed by atoms with Crippen LogP contribution in [-0.2, 0) is 0 Å². The minimum Gasteiger partial charge on any atom is -0.281 e. The van der Waals surface area contributed by atoms with Crippen LogP contribution in [0.2, 0.25) is 0 Å². The SMILES string of the molecule is CC1=CCN=c2ccccc2=C1. The molecule has 0 radical (unpaired) electrons. The van der Waals surface area contributed by atoms with Crippen molar-refractivity contribution in [1.82, 2.24) is 0 Å². The van der Waals surface area contributed by atoms with Gasteiger partial charge < -0.3 is 0 Å². The number of para-hydroxylation sites is 1. The smallest absolute Gasteiger partial charge is 0.0650 e. The number of hydrogen-bond acceptors (Lipinski definition) is 1. The highest BCUT2D eigenvalue weighted by Gasteiger charge is 1.90. The van der Waals surface area contributed by atoms with Crippen molar-refractivity contribution < 1.29 is 0 Å². The summed E-state index contributed by atoms with van der Waals surface area (Å²) in [6.45, 7) is 2.91. The van der Waals surface area contributed by atoms with Crippen molar-refractivity contribution in [3.05, 3.63) is 46.5 Å². The average Bonchev–Trinajstić information content (AvgIpc) is 2.25. The number of fused-ring (bicyclic) bond motifs is 1. The van der Waals surface area contributed by atoms with Gasteiger partial charge in [-0.15, -0.1) is 0 Å². The lowest BCUT2D eigenvalue weighted by atomic mass is 10.2. The zero-order valence-corrected chi connectivity index (χ0v) is 7.12. The Morgan fingerprint density at radius 1 is 1.25 bits per heavy atom. The van der Waals surface area contributed by atoms with Crippen LogP contribution < -0.4 is 10.6 Å². The monoisotopic (exact) mass is 157 g/mol. The van der Waals surface area contributed by atoms with Gasteiger partial charge >= 0.3 is 0 Å². The van der Waals surface area contributed by atoms with Crippen LogP contribution in [-0.4, -0.2) is 6.54 Å². The van der Waals surface area contributed by atoms with E-state index >= 15 is 0 Å². The van der Waals surface area contributed by atoms with E-state index in [1.165, 1.54) is 10.8 Å². The van der Waals surface area contributed by atoms with Crippen molar-refractivity contribution in [2.24, 2.45) is 4.99 Å². The van der Waals surface area contributed by atoms with Gasteiger partial charge in [0.25, 0.3) is 0 Å². The average molecular weight is 157 g/mol. The summed E-state index contributed by atoms with van der Waals surface area (Å²) >= 11 is 0. The van der Waals surface area contributed by atoms with Crippen LogP contribution in [0.15, 0.2) is 40.9 Å². The maximum atomic E-state index is 4.43. The summed E-state index contributed by atoms with van der Waals surface area (Å²) in [6, 6.07) is 8.22. The lowest BCUT2D eigenvalue weighted by Gasteiger charge is -1.86. The summed E-state index contributed by atoms with van der Waals surface area (Å²) in [6.07, 6.45) is 4.31. The van der Waals surface area contributed by atoms with E-state index in [0.717, 1.165) is 11.9 Å². The molecule has 60 valence electrons. The molecule has 0 unspecified atom stereocenters. The number of allylic oxidation sites excluding steroid dienone is 1. The normalized spacial score (nSPS) is 14.9. The Hall–Kier alpha value is -1.37. The third-order valence-electron chi connectivity index (χ3n) is 1.99. The lowest BCUT2D eigenvalue weighted by molar-refractivity contribution is 1.14. The fraction of sp³-hybridized carbons (Fsp3) is 0.182. The first-order chi connectivity index (χ1) is 5.86. The topological polar surface area (TPSA) is 12.4 Å². The summed E-state index contributed by atoms with van der Waals surface area (Å²) in [5.41, 5.74) is 1.30. The van der Waals surface area contributed by atoms with E-state index in [1.54, 1.807) is 0 Å². The van der Waals surface area contributed by atoms with Crippen LogP contribution in [0.5, 0.6) is 0 Å². The predicted octanol–water partition coefficient (Wildman–Crippen LogP) is 1.05. The van der Waals surface area contributed by atoms with Crippen molar-refractivity contribution in [3.63, 3.8) is 0 Å². The molecule has 1 aromatic carbocycles. The number of benzene rings is 1. The molecule has 0 aliphatic carbocycles. The van der Waals surface area contributed by atoms with Gasteiger partial charge in [0.1, 0.15) is 0 Å². The van der Waals surface area contributed by atoms with E-state index in [2.05, 4.69) is 36.2 Å². The predicted molar refractivity (Wildman–Crippen MR) is 50.3 cm³/mol. The van der Waals surface area contributed by atoms with Crippen molar-refractivity contribution in [3.8, 4) is 0 Å². The summed E-state index contributed by atoms with van der Waals surface area (Å²) in [5, 5.41) is 2.33. The molecule has 0 aromatic heterocycles. The molecule has 0 saturated heterocycles. The fourth-order valence-electron chi connectivity index (χ4n) is 1.35. The van der Waals surface area contributed by atoms with Gasteiger partial charge in [-0.05, 0) is 18.2 Å². The second kappa shape index (κ2) is 2.94. The molecule has 1 aliphatic heterocycles. The molecule has 0 atom stereocenters. The second-order valence-corrected chi connectivity index (χ2v) is 2.99. The molecule has 0 saturated carbocycles. The highest BCUT2D eigenvalue weighted by Crippen LogP contribution is 1.94. The first kappa shape index (κ1) is 7.29. The van der Waals surface area contributed by atoms with Crippen molar-refractivity contribution >= 4 is 6.08 Å². The van der Waals surface area contributed by atoms with E-state index in [4.69, 9.17) is 0 Å². The maximum absolute atomic E-state index is 4.43. The van der Waals surface area contributed by atoms with Crippen molar-refractivity contribution in [2.45, 2.75) is 6.92 Å². The molecule has 1 aliphatic rings. The van der Waals surface area contributed by atoms with Gasteiger partial charge in [-0.2, -0.15) is 0 Å². The Labute approximate surface area is 71.8 Å². The van der Waals surface area contributed by atoms with Crippen LogP contribution in [0, 0.1) is 0 Å². The van der Waals surface area contributed by atoms with Gasteiger partial charge in [0.2, 0.25) is 0 Å². The molecule has 0 N–H and O–H groups in total. The summed E-state index contributed by atoms with van der Waals surface area (Å²) < 4.78 is 0. The van der Waals surface area contributed by atoms with E-state index < -0.39 is 0 Å². The largest absolute Gasteiger partial charge is 0.281 e. The zero-order chi connectivity index (χ0) is 8.39. The minimum absolute atomic E-state index is 0.805. The molecule has 12 heavy (non-hydrogen) atoms. The van der Waals surface area contributed by atoms with Crippen molar-refractivity contribution in [2.75, 3.05) is 6.54 Å². The van der Waals surface area contributed by atoms with Crippen LogP contribution in [0.3, 0.4) is 0 Å². The van der Waals surface area contributed by atoms with Crippen molar-refractivity contribution in [1.29, 1.82) is 0 Å².